The standard InChI is InChI=1S/C22H25N2/c1-4-6-12-21-22(19-10-8-7-9-11-19)17(3)23-24(21)20-15-13-18(5-2)14-16-20/h7-11,13-16H,2,4-6,12H2,1,3H3. The zero-order valence-corrected chi connectivity index (χ0v) is 14.6. The zero-order valence-electron chi connectivity index (χ0n) is 14.6. The second-order valence-electron chi connectivity index (χ2n) is 6.20. The van der Waals surface area contributed by atoms with Gasteiger partial charge in [0.1, 0.15) is 0 Å². The Balaban J connectivity index is 2.11. The van der Waals surface area contributed by atoms with Gasteiger partial charge in [-0.25, -0.2) is 4.68 Å². The van der Waals surface area contributed by atoms with Gasteiger partial charge in [0, 0.05) is 5.56 Å². The first kappa shape index (κ1) is 16.5. The average Bonchev–Trinajstić information content (AvgIpc) is 2.97. The predicted molar refractivity (Wildman–Crippen MR) is 101 cm³/mol. The van der Waals surface area contributed by atoms with Crippen molar-refractivity contribution in [2.75, 3.05) is 0 Å². The van der Waals surface area contributed by atoms with Crippen LogP contribution in [0.15, 0.2) is 54.6 Å². The first-order valence-electron chi connectivity index (χ1n) is 8.77. The summed E-state index contributed by atoms with van der Waals surface area (Å²) in [4.78, 5) is 0. The molecule has 0 bridgehead atoms. The molecule has 1 heterocycles. The zero-order chi connectivity index (χ0) is 16.9. The normalized spacial score (nSPS) is 11.0. The lowest BCUT2D eigenvalue weighted by atomic mass is 10.0. The molecule has 0 atom stereocenters. The first-order chi connectivity index (χ1) is 11.7. The number of benzene rings is 2. The number of unbranched alkanes of at least 4 members (excludes halogenated alkanes) is 1. The SMILES string of the molecule is [CH2]Cc1ccc(-n2nc(C)c(-c3ccccc3)c2CCCC)cc1. The number of hydrogen-bond donors (Lipinski definition) is 0. The van der Waals surface area contributed by atoms with Crippen LogP contribution in [0.1, 0.15) is 36.7 Å². The molecule has 0 spiro atoms. The molecule has 0 saturated carbocycles. The largest absolute Gasteiger partial charge is 0.237 e. The van der Waals surface area contributed by atoms with Crippen molar-refractivity contribution in [1.82, 2.24) is 9.78 Å². The van der Waals surface area contributed by atoms with Crippen molar-refractivity contribution in [3.8, 4) is 16.8 Å². The maximum atomic E-state index is 4.87. The third-order valence-corrected chi connectivity index (χ3v) is 4.46. The number of aromatic nitrogens is 2. The van der Waals surface area contributed by atoms with Crippen molar-refractivity contribution in [1.29, 1.82) is 0 Å². The van der Waals surface area contributed by atoms with Crippen molar-refractivity contribution < 1.29 is 0 Å². The van der Waals surface area contributed by atoms with Gasteiger partial charge in [0.2, 0.25) is 0 Å². The highest BCUT2D eigenvalue weighted by atomic mass is 15.3. The quantitative estimate of drug-likeness (QED) is 0.581. The molecule has 0 N–H and O–H groups in total. The molecule has 0 fully saturated rings. The van der Waals surface area contributed by atoms with E-state index in [0.717, 1.165) is 24.2 Å². The van der Waals surface area contributed by atoms with E-state index >= 15 is 0 Å². The smallest absolute Gasteiger partial charge is 0.0679 e. The predicted octanol–water partition coefficient (Wildman–Crippen LogP) is 5.57. The molecule has 1 aromatic heterocycles. The number of aryl methyl sites for hydroxylation is 1. The lowest BCUT2D eigenvalue weighted by Crippen LogP contribution is -2.03. The fraction of sp³-hybridized carbons (Fsp3) is 0.273. The number of hydrogen-bond acceptors (Lipinski definition) is 1. The molecule has 2 nitrogen and oxygen atoms in total. The summed E-state index contributed by atoms with van der Waals surface area (Å²) in [5.41, 5.74) is 7.31. The molecule has 0 aliphatic heterocycles. The van der Waals surface area contributed by atoms with Crippen LogP contribution in [0.4, 0.5) is 0 Å². The van der Waals surface area contributed by atoms with Crippen molar-refractivity contribution >= 4 is 0 Å². The lowest BCUT2D eigenvalue weighted by molar-refractivity contribution is 0.727. The highest BCUT2D eigenvalue weighted by Gasteiger charge is 2.17. The molecule has 3 rings (SSSR count). The molecule has 2 heteroatoms. The molecule has 0 saturated heterocycles. The summed E-state index contributed by atoms with van der Waals surface area (Å²) < 4.78 is 2.13. The Morgan fingerprint density at radius 1 is 1.00 bits per heavy atom. The Labute approximate surface area is 145 Å². The van der Waals surface area contributed by atoms with E-state index in [2.05, 4.69) is 80.1 Å². The summed E-state index contributed by atoms with van der Waals surface area (Å²) in [5, 5.41) is 4.87. The Kier molecular flexibility index (Phi) is 5.14. The van der Waals surface area contributed by atoms with Crippen molar-refractivity contribution in [2.24, 2.45) is 0 Å². The van der Waals surface area contributed by atoms with Gasteiger partial charge in [-0.05, 0) is 56.4 Å². The summed E-state index contributed by atoms with van der Waals surface area (Å²) in [6.45, 7) is 8.30. The fourth-order valence-corrected chi connectivity index (χ4v) is 3.15. The minimum Gasteiger partial charge on any atom is -0.237 e. The topological polar surface area (TPSA) is 17.8 Å². The number of nitrogens with zero attached hydrogens (tertiary/aromatic N) is 2. The lowest BCUT2D eigenvalue weighted by Gasteiger charge is -2.10. The number of rotatable bonds is 6. The Morgan fingerprint density at radius 3 is 2.33 bits per heavy atom. The van der Waals surface area contributed by atoms with Gasteiger partial charge in [-0.1, -0.05) is 55.8 Å². The minimum absolute atomic E-state index is 0.816. The molecule has 0 unspecified atom stereocenters. The van der Waals surface area contributed by atoms with Gasteiger partial charge in [0.25, 0.3) is 0 Å². The molecular weight excluding hydrogens is 292 g/mol. The van der Waals surface area contributed by atoms with E-state index in [4.69, 9.17) is 5.10 Å². The summed E-state index contributed by atoms with van der Waals surface area (Å²) in [6, 6.07) is 19.2. The maximum absolute atomic E-state index is 4.87. The molecule has 1 radical (unpaired) electrons. The van der Waals surface area contributed by atoms with E-state index in [0.29, 0.717) is 0 Å². The highest BCUT2D eigenvalue weighted by molar-refractivity contribution is 5.69. The molecule has 0 amide bonds. The van der Waals surface area contributed by atoms with Crippen LogP contribution in [0.3, 0.4) is 0 Å². The van der Waals surface area contributed by atoms with Gasteiger partial charge >= 0.3 is 0 Å². The molecule has 24 heavy (non-hydrogen) atoms. The fourth-order valence-electron chi connectivity index (χ4n) is 3.15. The van der Waals surface area contributed by atoms with Gasteiger partial charge < -0.3 is 0 Å². The van der Waals surface area contributed by atoms with Crippen LogP contribution >= 0.6 is 0 Å². The van der Waals surface area contributed by atoms with E-state index in [1.165, 1.54) is 35.2 Å². The third kappa shape index (κ3) is 3.28. The van der Waals surface area contributed by atoms with Gasteiger partial charge in [-0.15, -0.1) is 0 Å². The average molecular weight is 317 g/mol. The molecule has 2 aromatic carbocycles. The van der Waals surface area contributed by atoms with E-state index in [-0.39, 0.29) is 0 Å². The van der Waals surface area contributed by atoms with E-state index < -0.39 is 0 Å². The second-order valence-corrected chi connectivity index (χ2v) is 6.20. The van der Waals surface area contributed by atoms with Crippen LogP contribution in [0.2, 0.25) is 0 Å². The summed E-state index contributed by atoms with van der Waals surface area (Å²) in [5.74, 6) is 0. The van der Waals surface area contributed by atoms with Gasteiger partial charge in [0.05, 0.1) is 17.1 Å². The molecular formula is C22H25N2. The van der Waals surface area contributed by atoms with Gasteiger partial charge in [-0.2, -0.15) is 5.10 Å². The van der Waals surface area contributed by atoms with Crippen LogP contribution in [0, 0.1) is 13.8 Å². The minimum atomic E-state index is 0.816. The highest BCUT2D eigenvalue weighted by Crippen LogP contribution is 2.30. The molecule has 123 valence electrons. The third-order valence-electron chi connectivity index (χ3n) is 4.46. The van der Waals surface area contributed by atoms with E-state index in [1.54, 1.807) is 0 Å². The molecule has 0 aliphatic carbocycles. The first-order valence-corrected chi connectivity index (χ1v) is 8.77. The molecule has 0 aliphatic rings. The summed E-state index contributed by atoms with van der Waals surface area (Å²) in [7, 11) is 0. The van der Waals surface area contributed by atoms with E-state index in [1.807, 2.05) is 0 Å². The maximum Gasteiger partial charge on any atom is 0.0679 e. The summed E-state index contributed by atoms with van der Waals surface area (Å²) in [6.07, 6.45) is 4.20. The van der Waals surface area contributed by atoms with Gasteiger partial charge in [-0.3, -0.25) is 0 Å². The van der Waals surface area contributed by atoms with Gasteiger partial charge in [0.15, 0.2) is 0 Å². The van der Waals surface area contributed by atoms with Crippen LogP contribution in [-0.4, -0.2) is 9.78 Å². The van der Waals surface area contributed by atoms with Crippen LogP contribution in [0.5, 0.6) is 0 Å². The van der Waals surface area contributed by atoms with E-state index in [9.17, 15) is 0 Å². The monoisotopic (exact) mass is 317 g/mol. The van der Waals surface area contributed by atoms with Crippen LogP contribution in [-0.2, 0) is 12.8 Å². The van der Waals surface area contributed by atoms with Crippen LogP contribution < -0.4 is 0 Å². The molecule has 3 aromatic rings. The van der Waals surface area contributed by atoms with Crippen molar-refractivity contribution in [3.63, 3.8) is 0 Å². The Hall–Kier alpha value is -2.35. The van der Waals surface area contributed by atoms with Crippen LogP contribution in [0.25, 0.3) is 16.8 Å². The van der Waals surface area contributed by atoms with Crippen molar-refractivity contribution in [2.45, 2.75) is 39.5 Å². The Bertz CT molecular complexity index is 783. The van der Waals surface area contributed by atoms with Crippen molar-refractivity contribution in [3.05, 3.63) is 78.5 Å². The summed E-state index contributed by atoms with van der Waals surface area (Å²) >= 11 is 0. The second kappa shape index (κ2) is 7.48. The Morgan fingerprint density at radius 2 is 1.71 bits per heavy atom.